The third-order valence-electron chi connectivity index (χ3n) is 4.42. The highest BCUT2D eigenvalue weighted by molar-refractivity contribution is 7.89. The highest BCUT2D eigenvalue weighted by atomic mass is 32.2. The maximum Gasteiger partial charge on any atom is 0.258 e. The number of rotatable bonds is 4. The van der Waals surface area contributed by atoms with E-state index in [4.69, 9.17) is 5.14 Å². The molecule has 2 aromatic rings. The number of fused-ring (bicyclic) bond motifs is 1. The van der Waals surface area contributed by atoms with Crippen molar-refractivity contribution in [1.29, 1.82) is 0 Å². The second kappa shape index (κ2) is 6.98. The minimum Gasteiger partial charge on any atom is -0.323 e. The van der Waals surface area contributed by atoms with Crippen molar-refractivity contribution in [3.8, 4) is 0 Å². The Balaban J connectivity index is 1.97. The zero-order valence-corrected chi connectivity index (χ0v) is 15.5. The standard InChI is InChI=1S/C19H19N3O4S/c1-3-18(23)21-14-6-4-5-13(9-14)19(24)22-11-12(2)16-8-7-15(10-17(16)22)27(20,25)26/h3-10,12H,1,11H2,2H3,(H,21,23)(H2,20,25,26). The van der Waals surface area contributed by atoms with E-state index in [1.165, 1.54) is 17.0 Å². The van der Waals surface area contributed by atoms with Gasteiger partial charge in [-0.1, -0.05) is 25.6 Å². The van der Waals surface area contributed by atoms with Gasteiger partial charge < -0.3 is 10.2 Å². The largest absolute Gasteiger partial charge is 0.323 e. The van der Waals surface area contributed by atoms with Gasteiger partial charge in [-0.3, -0.25) is 9.59 Å². The van der Waals surface area contributed by atoms with Gasteiger partial charge in [-0.25, -0.2) is 13.6 Å². The molecule has 0 spiro atoms. The molecular formula is C19H19N3O4S. The number of anilines is 2. The summed E-state index contributed by atoms with van der Waals surface area (Å²) in [6.45, 7) is 5.78. The molecule has 1 heterocycles. The number of benzene rings is 2. The average molecular weight is 385 g/mol. The topological polar surface area (TPSA) is 110 Å². The van der Waals surface area contributed by atoms with Gasteiger partial charge in [-0.2, -0.15) is 0 Å². The first-order chi connectivity index (χ1) is 12.7. The summed E-state index contributed by atoms with van der Waals surface area (Å²) in [5.41, 5.74) is 2.25. The highest BCUT2D eigenvalue weighted by Crippen LogP contribution is 2.38. The van der Waals surface area contributed by atoms with E-state index in [0.29, 0.717) is 23.5 Å². The first kappa shape index (κ1) is 18.8. The minimum atomic E-state index is -3.87. The van der Waals surface area contributed by atoms with E-state index in [2.05, 4.69) is 11.9 Å². The molecule has 1 aliphatic rings. The van der Waals surface area contributed by atoms with Crippen LogP contribution in [0.5, 0.6) is 0 Å². The van der Waals surface area contributed by atoms with Gasteiger partial charge in [0, 0.05) is 29.4 Å². The number of primary sulfonamides is 1. The van der Waals surface area contributed by atoms with Gasteiger partial charge in [0.05, 0.1) is 4.90 Å². The van der Waals surface area contributed by atoms with Crippen LogP contribution in [0.25, 0.3) is 0 Å². The summed E-state index contributed by atoms with van der Waals surface area (Å²) in [6, 6.07) is 11.1. The van der Waals surface area contributed by atoms with E-state index >= 15 is 0 Å². The fourth-order valence-electron chi connectivity index (χ4n) is 3.09. The molecule has 0 saturated heterocycles. The molecule has 1 atom stereocenters. The van der Waals surface area contributed by atoms with Crippen molar-refractivity contribution in [1.82, 2.24) is 0 Å². The molecular weight excluding hydrogens is 366 g/mol. The number of nitrogens with one attached hydrogen (secondary N) is 1. The van der Waals surface area contributed by atoms with Gasteiger partial charge in [0.25, 0.3) is 5.91 Å². The van der Waals surface area contributed by atoms with Gasteiger partial charge in [0.1, 0.15) is 0 Å². The molecule has 8 heteroatoms. The molecule has 2 amide bonds. The predicted molar refractivity (Wildman–Crippen MR) is 103 cm³/mol. The highest BCUT2D eigenvalue weighted by Gasteiger charge is 2.31. The van der Waals surface area contributed by atoms with Crippen LogP contribution in [-0.4, -0.2) is 26.8 Å². The van der Waals surface area contributed by atoms with E-state index < -0.39 is 10.0 Å². The van der Waals surface area contributed by atoms with Crippen molar-refractivity contribution in [3.05, 3.63) is 66.2 Å². The maximum absolute atomic E-state index is 13.0. The molecule has 3 rings (SSSR count). The second-order valence-electron chi connectivity index (χ2n) is 6.36. The fourth-order valence-corrected chi connectivity index (χ4v) is 3.63. The van der Waals surface area contributed by atoms with Gasteiger partial charge in [-0.05, 0) is 42.0 Å². The van der Waals surface area contributed by atoms with Crippen molar-refractivity contribution < 1.29 is 18.0 Å². The van der Waals surface area contributed by atoms with Crippen LogP contribution in [0.2, 0.25) is 0 Å². The zero-order valence-electron chi connectivity index (χ0n) is 14.7. The monoisotopic (exact) mass is 385 g/mol. The first-order valence-corrected chi connectivity index (χ1v) is 9.77. The lowest BCUT2D eigenvalue weighted by atomic mass is 10.0. The number of sulfonamides is 1. The Morgan fingerprint density at radius 1 is 1.26 bits per heavy atom. The Bertz CT molecular complexity index is 1050. The summed E-state index contributed by atoms with van der Waals surface area (Å²) in [4.78, 5) is 26.0. The van der Waals surface area contributed by atoms with E-state index in [9.17, 15) is 18.0 Å². The molecule has 27 heavy (non-hydrogen) atoms. The van der Waals surface area contributed by atoms with Crippen LogP contribution >= 0.6 is 0 Å². The van der Waals surface area contributed by atoms with Crippen LogP contribution in [0.1, 0.15) is 28.8 Å². The van der Waals surface area contributed by atoms with Gasteiger partial charge in [-0.15, -0.1) is 0 Å². The van der Waals surface area contributed by atoms with Crippen LogP contribution in [0, 0.1) is 0 Å². The molecule has 140 valence electrons. The van der Waals surface area contributed by atoms with Gasteiger partial charge >= 0.3 is 0 Å². The molecule has 0 bridgehead atoms. The second-order valence-corrected chi connectivity index (χ2v) is 7.92. The fraction of sp³-hybridized carbons (Fsp3) is 0.158. The Kier molecular flexibility index (Phi) is 4.86. The third kappa shape index (κ3) is 3.76. The molecule has 0 saturated carbocycles. The first-order valence-electron chi connectivity index (χ1n) is 8.23. The average Bonchev–Trinajstić information content (AvgIpc) is 2.96. The SMILES string of the molecule is C=CC(=O)Nc1cccc(C(=O)N2CC(C)c3ccc(S(N)(=O)=O)cc32)c1. The number of nitrogens with zero attached hydrogens (tertiary/aromatic N) is 1. The molecule has 0 radical (unpaired) electrons. The molecule has 1 aliphatic heterocycles. The van der Waals surface area contributed by atoms with Crippen LogP contribution < -0.4 is 15.4 Å². The van der Waals surface area contributed by atoms with Crippen molar-refractivity contribution in [2.75, 3.05) is 16.8 Å². The van der Waals surface area contributed by atoms with Crippen LogP contribution in [-0.2, 0) is 14.8 Å². The molecule has 3 N–H and O–H groups in total. The van der Waals surface area contributed by atoms with Crippen molar-refractivity contribution in [2.24, 2.45) is 5.14 Å². The number of carbonyl (C=O) groups is 2. The number of amides is 2. The normalized spacial score (nSPS) is 15.9. The van der Waals surface area contributed by atoms with Crippen molar-refractivity contribution >= 4 is 33.2 Å². The van der Waals surface area contributed by atoms with Crippen LogP contribution in [0.3, 0.4) is 0 Å². The maximum atomic E-state index is 13.0. The number of nitrogens with two attached hydrogens (primary N) is 1. The lowest BCUT2D eigenvalue weighted by Gasteiger charge is -2.18. The molecule has 0 aromatic heterocycles. The summed E-state index contributed by atoms with van der Waals surface area (Å²) < 4.78 is 23.3. The summed E-state index contributed by atoms with van der Waals surface area (Å²) in [6.07, 6.45) is 1.14. The Labute approximate surface area is 157 Å². The molecule has 1 unspecified atom stereocenters. The Morgan fingerprint density at radius 2 is 2.00 bits per heavy atom. The van der Waals surface area contributed by atoms with Crippen molar-refractivity contribution in [2.45, 2.75) is 17.7 Å². The van der Waals surface area contributed by atoms with E-state index in [1.54, 1.807) is 30.3 Å². The zero-order chi connectivity index (χ0) is 19.8. The number of hydrogen-bond donors (Lipinski definition) is 2. The smallest absolute Gasteiger partial charge is 0.258 e. The molecule has 2 aromatic carbocycles. The van der Waals surface area contributed by atoms with E-state index in [1.807, 2.05) is 6.92 Å². The number of hydrogen-bond acceptors (Lipinski definition) is 4. The van der Waals surface area contributed by atoms with E-state index in [-0.39, 0.29) is 22.6 Å². The lowest BCUT2D eigenvalue weighted by Crippen LogP contribution is -2.29. The quantitative estimate of drug-likeness (QED) is 0.786. The Morgan fingerprint density at radius 3 is 2.67 bits per heavy atom. The third-order valence-corrected chi connectivity index (χ3v) is 5.33. The lowest BCUT2D eigenvalue weighted by molar-refractivity contribution is -0.111. The summed E-state index contributed by atoms with van der Waals surface area (Å²) in [5, 5.41) is 7.83. The summed E-state index contributed by atoms with van der Waals surface area (Å²) in [5.74, 6) is -0.610. The van der Waals surface area contributed by atoms with Gasteiger partial charge in [0.2, 0.25) is 15.9 Å². The van der Waals surface area contributed by atoms with Gasteiger partial charge in [0.15, 0.2) is 0 Å². The number of carbonyl (C=O) groups excluding carboxylic acids is 2. The van der Waals surface area contributed by atoms with Crippen LogP contribution in [0.15, 0.2) is 60.0 Å². The molecule has 7 nitrogen and oxygen atoms in total. The molecule has 0 fully saturated rings. The molecule has 0 aliphatic carbocycles. The predicted octanol–water partition coefficient (Wildman–Crippen LogP) is 2.22. The summed E-state index contributed by atoms with van der Waals surface area (Å²) in [7, 11) is -3.87. The van der Waals surface area contributed by atoms with Crippen molar-refractivity contribution in [3.63, 3.8) is 0 Å². The Hall–Kier alpha value is -2.97. The van der Waals surface area contributed by atoms with E-state index in [0.717, 1.165) is 11.6 Å². The van der Waals surface area contributed by atoms with Crippen LogP contribution in [0.4, 0.5) is 11.4 Å². The summed E-state index contributed by atoms with van der Waals surface area (Å²) >= 11 is 0. The minimum absolute atomic E-state index is 0.0415.